The first-order valence-corrected chi connectivity index (χ1v) is 14.1. The van der Waals surface area contributed by atoms with Crippen LogP contribution in [-0.2, 0) is 14.9 Å². The Morgan fingerprint density at radius 3 is 1.91 bits per heavy atom. The van der Waals surface area contributed by atoms with Gasteiger partial charge >= 0.3 is 0 Å². The summed E-state index contributed by atoms with van der Waals surface area (Å²) in [5.41, 5.74) is 0.782. The van der Waals surface area contributed by atoms with Crippen molar-refractivity contribution >= 4 is 16.0 Å². The lowest BCUT2D eigenvalue weighted by molar-refractivity contribution is -0.133. The fraction of sp³-hybridized carbons (Fsp3) is 0.731. The molecule has 0 atom stereocenters. The summed E-state index contributed by atoms with van der Waals surface area (Å²) in [6, 6.07) is 5.99. The van der Waals surface area contributed by atoms with E-state index in [0.717, 1.165) is 31.5 Å². The van der Waals surface area contributed by atoms with Gasteiger partial charge < -0.3 is 4.90 Å². The molecule has 1 amide bonds. The quantitative estimate of drug-likeness (QED) is 0.247. The number of benzene rings is 1. The van der Waals surface area contributed by atoms with Crippen LogP contribution in [0.25, 0.3) is 0 Å². The molecule has 0 unspecified atom stereocenters. The Kier molecular flexibility index (Phi) is 13.9. The minimum atomic E-state index is -4.02. The Morgan fingerprint density at radius 2 is 1.45 bits per heavy atom. The van der Waals surface area contributed by atoms with Gasteiger partial charge in [0.1, 0.15) is 0 Å². The Hall–Kier alpha value is -1.44. The number of carbonyl (C=O) groups is 1. The average molecular weight is 483 g/mol. The molecule has 1 aromatic carbocycles. The molecule has 1 aliphatic rings. The van der Waals surface area contributed by atoms with Gasteiger partial charge in [0.2, 0.25) is 5.91 Å². The van der Waals surface area contributed by atoms with Crippen molar-refractivity contribution in [2.45, 2.75) is 115 Å². The number of aryl methyl sites for hydroxylation is 1. The number of unbranched alkanes of at least 4 members (excludes halogenated alkanes) is 9. The lowest BCUT2D eigenvalue weighted by atomic mass is 10.1. The van der Waals surface area contributed by atoms with Crippen molar-refractivity contribution in [3.05, 3.63) is 29.8 Å². The van der Waals surface area contributed by atoms with E-state index in [9.17, 15) is 13.2 Å². The van der Waals surface area contributed by atoms with Crippen LogP contribution in [0.3, 0.4) is 0 Å². The van der Waals surface area contributed by atoms with E-state index < -0.39 is 10.1 Å². The summed E-state index contributed by atoms with van der Waals surface area (Å²) in [5, 5.41) is 3.56. The maximum absolute atomic E-state index is 11.8. The highest BCUT2D eigenvalue weighted by molar-refractivity contribution is 7.85. The molecule has 1 aromatic rings. The predicted molar refractivity (Wildman–Crippen MR) is 136 cm³/mol. The Balaban J connectivity index is 0.000000412. The average Bonchev–Trinajstić information content (AvgIpc) is 3.19. The Bertz CT molecular complexity index is 776. The van der Waals surface area contributed by atoms with Crippen LogP contribution in [0, 0.1) is 6.92 Å². The van der Waals surface area contributed by atoms with Crippen molar-refractivity contribution in [1.29, 1.82) is 0 Å². The summed E-state index contributed by atoms with van der Waals surface area (Å²) < 4.78 is 29.6. The number of likely N-dealkylation sites (tertiary alicyclic amines) is 1. The second-order valence-corrected chi connectivity index (χ2v) is 11.0. The van der Waals surface area contributed by atoms with Crippen LogP contribution >= 0.6 is 0 Å². The van der Waals surface area contributed by atoms with Gasteiger partial charge in [0.15, 0.2) is 0 Å². The second kappa shape index (κ2) is 15.5. The van der Waals surface area contributed by atoms with Gasteiger partial charge in [-0.3, -0.25) is 14.7 Å². The van der Waals surface area contributed by atoms with E-state index in [4.69, 9.17) is 4.55 Å². The van der Waals surface area contributed by atoms with E-state index in [2.05, 4.69) is 26.1 Å². The van der Waals surface area contributed by atoms with Gasteiger partial charge in [-0.25, -0.2) is 0 Å². The van der Waals surface area contributed by atoms with Crippen molar-refractivity contribution in [2.24, 2.45) is 0 Å². The maximum Gasteiger partial charge on any atom is 0.294 e. The molecule has 2 N–H and O–H groups in total. The number of hydrogen-bond donors (Lipinski definition) is 2. The van der Waals surface area contributed by atoms with Gasteiger partial charge in [0.25, 0.3) is 10.1 Å². The van der Waals surface area contributed by atoms with Gasteiger partial charge in [0, 0.05) is 13.0 Å². The fourth-order valence-electron chi connectivity index (χ4n) is 4.05. The van der Waals surface area contributed by atoms with Crippen LogP contribution in [-0.4, -0.2) is 42.5 Å². The van der Waals surface area contributed by atoms with Crippen LogP contribution in [0.5, 0.6) is 0 Å². The van der Waals surface area contributed by atoms with Gasteiger partial charge in [-0.05, 0) is 52.3 Å². The SMILES string of the molecule is CCCCCCCCCCCCNC(C)(C)N1CCCC1=O.Cc1ccc(S(=O)(=O)O)cc1. The normalized spacial score (nSPS) is 14.3. The largest absolute Gasteiger partial charge is 0.325 e. The van der Waals surface area contributed by atoms with E-state index >= 15 is 0 Å². The van der Waals surface area contributed by atoms with E-state index in [-0.39, 0.29) is 10.6 Å². The van der Waals surface area contributed by atoms with Gasteiger partial charge in [-0.15, -0.1) is 0 Å². The summed E-state index contributed by atoms with van der Waals surface area (Å²) in [4.78, 5) is 13.7. The topological polar surface area (TPSA) is 86.7 Å². The van der Waals surface area contributed by atoms with Crippen LogP contribution in [0.15, 0.2) is 29.2 Å². The summed E-state index contributed by atoms with van der Waals surface area (Å²) in [6.07, 6.45) is 15.4. The molecule has 1 saturated heterocycles. The molecule has 0 saturated carbocycles. The van der Waals surface area contributed by atoms with E-state index in [1.807, 2.05) is 11.8 Å². The summed E-state index contributed by atoms with van der Waals surface area (Å²) >= 11 is 0. The molecule has 0 aliphatic carbocycles. The number of carbonyl (C=O) groups excluding carboxylic acids is 1. The molecule has 2 rings (SSSR count). The van der Waals surface area contributed by atoms with Gasteiger partial charge in [-0.2, -0.15) is 8.42 Å². The van der Waals surface area contributed by atoms with Gasteiger partial charge in [0.05, 0.1) is 10.6 Å². The monoisotopic (exact) mass is 482 g/mol. The van der Waals surface area contributed by atoms with Crippen molar-refractivity contribution in [3.63, 3.8) is 0 Å². The summed E-state index contributed by atoms with van der Waals surface area (Å²) in [7, 11) is -4.02. The van der Waals surface area contributed by atoms with E-state index in [0.29, 0.717) is 5.91 Å². The third kappa shape index (κ3) is 12.6. The van der Waals surface area contributed by atoms with Crippen molar-refractivity contribution in [2.75, 3.05) is 13.1 Å². The second-order valence-electron chi connectivity index (χ2n) is 9.60. The highest BCUT2D eigenvalue weighted by Crippen LogP contribution is 2.20. The summed E-state index contributed by atoms with van der Waals surface area (Å²) in [6.45, 7) is 10.3. The third-order valence-electron chi connectivity index (χ3n) is 6.15. The Morgan fingerprint density at radius 1 is 0.939 bits per heavy atom. The van der Waals surface area contributed by atoms with Crippen LogP contribution in [0.4, 0.5) is 0 Å². The molecular formula is C26H46N2O4S. The molecule has 7 heteroatoms. The minimum absolute atomic E-state index is 0.0666. The zero-order valence-corrected chi connectivity index (χ0v) is 22.1. The molecule has 0 radical (unpaired) electrons. The van der Waals surface area contributed by atoms with Crippen molar-refractivity contribution in [3.8, 4) is 0 Å². The first-order chi connectivity index (χ1) is 15.6. The molecule has 0 bridgehead atoms. The molecule has 6 nitrogen and oxygen atoms in total. The van der Waals surface area contributed by atoms with E-state index in [1.54, 1.807) is 12.1 Å². The van der Waals surface area contributed by atoms with Crippen molar-refractivity contribution < 1.29 is 17.8 Å². The minimum Gasteiger partial charge on any atom is -0.325 e. The highest BCUT2D eigenvalue weighted by Gasteiger charge is 2.33. The van der Waals surface area contributed by atoms with Crippen molar-refractivity contribution in [1.82, 2.24) is 10.2 Å². The molecule has 0 aromatic heterocycles. The van der Waals surface area contributed by atoms with Gasteiger partial charge in [-0.1, -0.05) is 82.4 Å². The fourth-order valence-corrected chi connectivity index (χ4v) is 4.53. The number of nitrogens with one attached hydrogen (secondary N) is 1. The Labute approximate surface area is 202 Å². The van der Waals surface area contributed by atoms with E-state index in [1.165, 1.54) is 76.3 Å². The zero-order valence-electron chi connectivity index (χ0n) is 21.2. The van der Waals surface area contributed by atoms with Crippen LogP contribution < -0.4 is 5.32 Å². The standard InChI is InChI=1S/C19H38N2O.C7H8O3S/c1-4-5-6-7-8-9-10-11-12-13-16-20-19(2,3)21-17-14-15-18(21)22;1-6-2-4-7(5-3-6)11(8,9)10/h20H,4-17H2,1-3H3;2-5H,1H3,(H,8,9,10). The number of nitrogens with zero attached hydrogens (tertiary/aromatic N) is 1. The highest BCUT2D eigenvalue weighted by atomic mass is 32.2. The smallest absolute Gasteiger partial charge is 0.294 e. The molecule has 0 spiro atoms. The molecule has 33 heavy (non-hydrogen) atoms. The zero-order chi connectivity index (χ0) is 24.7. The lowest BCUT2D eigenvalue weighted by Gasteiger charge is -2.36. The first kappa shape index (κ1) is 29.6. The molecule has 1 fully saturated rings. The number of rotatable bonds is 14. The van der Waals surface area contributed by atoms with Crippen LogP contribution in [0.1, 0.15) is 103 Å². The third-order valence-corrected chi connectivity index (χ3v) is 7.02. The summed E-state index contributed by atoms with van der Waals surface area (Å²) in [5.74, 6) is 0.306. The lowest BCUT2D eigenvalue weighted by Crippen LogP contribution is -2.55. The van der Waals surface area contributed by atoms with Crippen LogP contribution in [0.2, 0.25) is 0 Å². The maximum atomic E-state index is 11.8. The molecule has 190 valence electrons. The molecule has 1 heterocycles. The molecular weight excluding hydrogens is 436 g/mol. The molecule has 1 aliphatic heterocycles. The first-order valence-electron chi connectivity index (χ1n) is 12.7. The predicted octanol–water partition coefficient (Wildman–Crippen LogP) is 6.10. The number of hydrogen-bond acceptors (Lipinski definition) is 4. The number of amides is 1.